The van der Waals surface area contributed by atoms with E-state index in [-0.39, 0.29) is 0 Å². The fourth-order valence-corrected chi connectivity index (χ4v) is 3.29. The molecule has 6 nitrogen and oxygen atoms in total. The van der Waals surface area contributed by atoms with Crippen LogP contribution in [0.2, 0.25) is 0 Å². The number of hydrogen-bond donors (Lipinski definition) is 1. The first kappa shape index (κ1) is 15.3. The number of ether oxygens (including phenoxy) is 1. The molecule has 0 saturated carbocycles. The minimum atomic E-state index is 0.440. The lowest BCUT2D eigenvalue weighted by Gasteiger charge is -2.13. The highest BCUT2D eigenvalue weighted by molar-refractivity contribution is 7.16. The highest BCUT2D eigenvalue weighted by Crippen LogP contribution is 2.21. The fraction of sp³-hybridized carbons (Fsp3) is 0.769. The van der Waals surface area contributed by atoms with Crippen molar-refractivity contribution in [1.29, 1.82) is 0 Å². The van der Waals surface area contributed by atoms with Gasteiger partial charge >= 0.3 is 0 Å². The third-order valence-electron chi connectivity index (χ3n) is 3.41. The predicted molar refractivity (Wildman–Crippen MR) is 79.8 cm³/mol. The molecule has 112 valence electrons. The van der Waals surface area contributed by atoms with Crippen LogP contribution in [0.15, 0.2) is 0 Å². The maximum Gasteiger partial charge on any atom is 0.234 e. The Morgan fingerprint density at radius 1 is 1.30 bits per heavy atom. The van der Waals surface area contributed by atoms with Gasteiger partial charge in [-0.3, -0.25) is 0 Å². The molecule has 0 saturated heterocycles. The van der Waals surface area contributed by atoms with Crippen molar-refractivity contribution in [3.8, 4) is 0 Å². The summed E-state index contributed by atoms with van der Waals surface area (Å²) in [5, 5.41) is 13.9. The van der Waals surface area contributed by atoms with E-state index in [2.05, 4.69) is 22.2 Å². The Morgan fingerprint density at radius 3 is 2.85 bits per heavy atom. The highest BCUT2D eigenvalue weighted by atomic mass is 32.1. The van der Waals surface area contributed by atoms with E-state index in [9.17, 15) is 0 Å². The van der Waals surface area contributed by atoms with Crippen molar-refractivity contribution in [2.75, 3.05) is 13.7 Å². The van der Waals surface area contributed by atoms with E-state index in [0.29, 0.717) is 12.5 Å². The van der Waals surface area contributed by atoms with Gasteiger partial charge in [0, 0.05) is 13.5 Å². The molecule has 0 bridgehead atoms. The molecule has 0 amide bonds. The molecule has 1 unspecified atom stereocenters. The zero-order valence-electron chi connectivity index (χ0n) is 12.2. The molecule has 0 aliphatic heterocycles. The number of aryl methyl sites for hydroxylation is 1. The smallest absolute Gasteiger partial charge is 0.234 e. The van der Waals surface area contributed by atoms with Gasteiger partial charge in [-0.05, 0) is 25.3 Å². The lowest BCUT2D eigenvalue weighted by atomic mass is 9.95. The first-order valence-electron chi connectivity index (χ1n) is 7.17. The van der Waals surface area contributed by atoms with Gasteiger partial charge in [-0.2, -0.15) is 9.61 Å². The van der Waals surface area contributed by atoms with Crippen LogP contribution in [-0.2, 0) is 17.8 Å². The molecule has 2 aromatic rings. The largest absolute Gasteiger partial charge is 0.377 e. The lowest BCUT2D eigenvalue weighted by molar-refractivity contribution is 0.176. The van der Waals surface area contributed by atoms with Gasteiger partial charge in [0.1, 0.15) is 11.6 Å². The molecule has 0 radical (unpaired) electrons. The van der Waals surface area contributed by atoms with Gasteiger partial charge in [0.05, 0.1) is 0 Å². The van der Waals surface area contributed by atoms with E-state index < -0.39 is 0 Å². The van der Waals surface area contributed by atoms with Crippen molar-refractivity contribution >= 4 is 16.3 Å². The summed E-state index contributed by atoms with van der Waals surface area (Å²) in [4.78, 5) is 0.845. The van der Waals surface area contributed by atoms with Gasteiger partial charge in [-0.25, -0.2) is 0 Å². The van der Waals surface area contributed by atoms with Crippen LogP contribution in [0.5, 0.6) is 0 Å². The van der Waals surface area contributed by atoms with Gasteiger partial charge in [0.15, 0.2) is 5.82 Å². The van der Waals surface area contributed by atoms with Crippen LogP contribution in [-0.4, -0.2) is 33.5 Å². The second-order valence-corrected chi connectivity index (χ2v) is 6.05. The molecule has 2 heterocycles. The molecule has 0 aromatic carbocycles. The van der Waals surface area contributed by atoms with Gasteiger partial charge < -0.3 is 10.5 Å². The SMILES string of the molecule is CCCC(CCN)CCc1nn2c(COC)nnc2s1. The van der Waals surface area contributed by atoms with Crippen LogP contribution < -0.4 is 5.73 Å². The molecule has 7 heteroatoms. The van der Waals surface area contributed by atoms with Crippen LogP contribution in [0, 0.1) is 5.92 Å². The van der Waals surface area contributed by atoms with Crippen LogP contribution in [0.3, 0.4) is 0 Å². The number of aromatic nitrogens is 4. The first-order valence-corrected chi connectivity index (χ1v) is 7.99. The number of hydrogen-bond acceptors (Lipinski definition) is 6. The molecule has 0 spiro atoms. The molecular weight excluding hydrogens is 274 g/mol. The fourth-order valence-electron chi connectivity index (χ4n) is 2.42. The van der Waals surface area contributed by atoms with E-state index in [1.54, 1.807) is 23.0 Å². The molecule has 1 atom stereocenters. The van der Waals surface area contributed by atoms with Crippen molar-refractivity contribution in [3.05, 3.63) is 10.8 Å². The van der Waals surface area contributed by atoms with E-state index in [0.717, 1.165) is 41.6 Å². The van der Waals surface area contributed by atoms with Crippen LogP contribution in [0.4, 0.5) is 0 Å². The van der Waals surface area contributed by atoms with Crippen molar-refractivity contribution < 1.29 is 4.74 Å². The van der Waals surface area contributed by atoms with Crippen LogP contribution in [0.25, 0.3) is 4.96 Å². The quantitative estimate of drug-likeness (QED) is 0.766. The summed E-state index contributed by atoms with van der Waals surface area (Å²) >= 11 is 1.61. The van der Waals surface area contributed by atoms with Gasteiger partial charge in [-0.15, -0.1) is 10.2 Å². The third kappa shape index (κ3) is 3.74. The number of rotatable bonds is 9. The van der Waals surface area contributed by atoms with Crippen molar-refractivity contribution in [2.45, 2.75) is 45.6 Å². The van der Waals surface area contributed by atoms with Crippen molar-refractivity contribution in [3.63, 3.8) is 0 Å². The summed E-state index contributed by atoms with van der Waals surface area (Å²) in [5.74, 6) is 1.47. The number of fused-ring (bicyclic) bond motifs is 1. The summed E-state index contributed by atoms with van der Waals surface area (Å²) in [6, 6.07) is 0. The average molecular weight is 297 g/mol. The van der Waals surface area contributed by atoms with Crippen LogP contribution in [0.1, 0.15) is 43.4 Å². The monoisotopic (exact) mass is 297 g/mol. The maximum atomic E-state index is 5.68. The maximum absolute atomic E-state index is 5.68. The summed E-state index contributed by atoms with van der Waals surface area (Å²) < 4.78 is 6.89. The minimum absolute atomic E-state index is 0.440. The Labute approximate surface area is 123 Å². The van der Waals surface area contributed by atoms with E-state index in [1.807, 2.05) is 0 Å². The average Bonchev–Trinajstić information content (AvgIpc) is 2.99. The molecule has 2 rings (SSSR count). The third-order valence-corrected chi connectivity index (χ3v) is 4.37. The molecule has 2 N–H and O–H groups in total. The second-order valence-electron chi connectivity index (χ2n) is 5.01. The van der Waals surface area contributed by atoms with Gasteiger partial charge in [-0.1, -0.05) is 31.1 Å². The molecule has 20 heavy (non-hydrogen) atoms. The first-order chi connectivity index (χ1) is 9.78. The highest BCUT2D eigenvalue weighted by Gasteiger charge is 2.13. The van der Waals surface area contributed by atoms with Gasteiger partial charge in [0.25, 0.3) is 0 Å². The Morgan fingerprint density at radius 2 is 2.15 bits per heavy atom. The lowest BCUT2D eigenvalue weighted by Crippen LogP contribution is -2.09. The Hall–Kier alpha value is -1.05. The zero-order valence-corrected chi connectivity index (χ0v) is 13.0. The molecule has 0 aliphatic carbocycles. The number of nitrogens with two attached hydrogens (primary N) is 1. The zero-order chi connectivity index (χ0) is 14.4. The molecule has 2 aromatic heterocycles. The number of methoxy groups -OCH3 is 1. The predicted octanol–water partition coefficient (Wildman–Crippen LogP) is 2.03. The van der Waals surface area contributed by atoms with Crippen molar-refractivity contribution in [1.82, 2.24) is 19.8 Å². The Bertz CT molecular complexity index is 518. The summed E-state index contributed by atoms with van der Waals surface area (Å²) in [6.45, 7) is 3.44. The second kappa shape index (κ2) is 7.66. The molecular formula is C13H23N5OS. The van der Waals surface area contributed by atoms with Gasteiger partial charge in [0.2, 0.25) is 4.96 Å². The normalized spacial score (nSPS) is 13.2. The Kier molecular flexibility index (Phi) is 5.87. The minimum Gasteiger partial charge on any atom is -0.377 e. The van der Waals surface area contributed by atoms with Crippen molar-refractivity contribution in [2.24, 2.45) is 11.7 Å². The summed E-state index contributed by atoms with van der Waals surface area (Å²) in [5.41, 5.74) is 5.68. The molecule has 0 aliphatic rings. The molecule has 0 fully saturated rings. The topological polar surface area (TPSA) is 78.3 Å². The Balaban J connectivity index is 1.98. The standard InChI is InChI=1S/C13H23N5OS/c1-3-4-10(7-8-14)5-6-12-17-18-11(9-19-2)15-16-13(18)20-12/h10H,3-9,14H2,1-2H3. The van der Waals surface area contributed by atoms with E-state index in [4.69, 9.17) is 10.5 Å². The summed E-state index contributed by atoms with van der Waals surface area (Å²) in [7, 11) is 1.65. The van der Waals surface area contributed by atoms with Crippen LogP contribution >= 0.6 is 11.3 Å². The summed E-state index contributed by atoms with van der Waals surface area (Å²) in [6.07, 6.45) is 5.71. The van der Waals surface area contributed by atoms with E-state index >= 15 is 0 Å². The number of nitrogens with zero attached hydrogens (tertiary/aromatic N) is 4. The van der Waals surface area contributed by atoms with E-state index in [1.165, 1.54) is 12.8 Å².